The van der Waals surface area contributed by atoms with Crippen molar-refractivity contribution in [3.8, 4) is 17.4 Å². The molecular formula is C17H11ClF3NO3. The highest BCUT2D eigenvalue weighted by atomic mass is 35.5. The molecule has 1 aromatic carbocycles. The number of halogens is 4. The van der Waals surface area contributed by atoms with Gasteiger partial charge in [0.05, 0.1) is 10.6 Å². The smallest absolute Gasteiger partial charge is 0.416 e. The maximum absolute atomic E-state index is 12.8. The van der Waals surface area contributed by atoms with Crippen LogP contribution in [0.25, 0.3) is 11.3 Å². The minimum absolute atomic E-state index is 0.0581. The molecular weight excluding hydrogens is 359 g/mol. The molecule has 8 heteroatoms. The molecule has 2 aromatic rings. The summed E-state index contributed by atoms with van der Waals surface area (Å²) in [6.45, 7) is 4.71. The first kappa shape index (κ1) is 18.6. The number of rotatable bonds is 4. The number of carbonyl (C=O) groups excluding carboxylic acids is 1. The minimum Gasteiger partial charge on any atom is -0.457 e. The maximum atomic E-state index is 12.8. The summed E-state index contributed by atoms with van der Waals surface area (Å²) < 4.78 is 48.9. The van der Waals surface area contributed by atoms with E-state index in [1.54, 1.807) is 6.07 Å². The third-order valence-corrected chi connectivity index (χ3v) is 3.58. The molecule has 1 heterocycles. The summed E-state index contributed by atoms with van der Waals surface area (Å²) in [6.07, 6.45) is -5.38. The van der Waals surface area contributed by atoms with Gasteiger partial charge in [-0.05, 0) is 37.3 Å². The van der Waals surface area contributed by atoms with E-state index in [1.165, 1.54) is 19.1 Å². The van der Waals surface area contributed by atoms with E-state index in [9.17, 15) is 18.0 Å². The molecule has 1 aromatic heterocycles. The Morgan fingerprint density at radius 2 is 2.04 bits per heavy atom. The Balaban J connectivity index is 2.29. The van der Waals surface area contributed by atoms with Crippen molar-refractivity contribution < 1.29 is 27.1 Å². The number of benzene rings is 1. The van der Waals surface area contributed by atoms with Crippen LogP contribution in [0.5, 0.6) is 0 Å². The van der Waals surface area contributed by atoms with Crippen LogP contribution in [-0.4, -0.2) is 5.97 Å². The highest BCUT2D eigenvalue weighted by Crippen LogP contribution is 2.37. The van der Waals surface area contributed by atoms with Crippen LogP contribution in [0.1, 0.15) is 24.4 Å². The van der Waals surface area contributed by atoms with Crippen molar-refractivity contribution in [2.24, 2.45) is 0 Å². The van der Waals surface area contributed by atoms with Crippen molar-refractivity contribution in [1.29, 1.82) is 5.26 Å². The average Bonchev–Trinajstić information content (AvgIpc) is 3.03. The number of nitriles is 1. The summed E-state index contributed by atoms with van der Waals surface area (Å²) in [4.78, 5) is 11.5. The fourth-order valence-electron chi connectivity index (χ4n) is 1.94. The van der Waals surface area contributed by atoms with Crippen LogP contribution in [0.2, 0.25) is 5.02 Å². The Hall–Kier alpha value is -2.72. The normalized spacial score (nSPS) is 12.3. The third-order valence-electron chi connectivity index (χ3n) is 3.25. The zero-order chi connectivity index (χ0) is 18.8. The molecule has 2 rings (SSSR count). The lowest BCUT2D eigenvalue weighted by Gasteiger charge is -2.11. The van der Waals surface area contributed by atoms with Crippen molar-refractivity contribution in [2.45, 2.75) is 19.2 Å². The highest BCUT2D eigenvalue weighted by Gasteiger charge is 2.31. The lowest BCUT2D eigenvalue weighted by Crippen LogP contribution is -2.09. The number of hydrogen-bond donors (Lipinski definition) is 0. The van der Waals surface area contributed by atoms with Gasteiger partial charge in [-0.3, -0.25) is 0 Å². The predicted molar refractivity (Wildman–Crippen MR) is 83.4 cm³/mol. The molecule has 1 unspecified atom stereocenters. The Morgan fingerprint density at radius 1 is 1.36 bits per heavy atom. The van der Waals surface area contributed by atoms with Crippen LogP contribution in [0.15, 0.2) is 46.9 Å². The topological polar surface area (TPSA) is 63.2 Å². The Kier molecular flexibility index (Phi) is 5.24. The molecule has 0 saturated carbocycles. The number of esters is 1. The predicted octanol–water partition coefficient (Wildman–Crippen LogP) is 5.30. The minimum atomic E-state index is -4.52. The third kappa shape index (κ3) is 4.22. The first-order valence-electron chi connectivity index (χ1n) is 6.90. The molecule has 0 aliphatic carbocycles. The quantitative estimate of drug-likeness (QED) is 0.416. The molecule has 0 spiro atoms. The van der Waals surface area contributed by atoms with Gasteiger partial charge in [0.15, 0.2) is 6.10 Å². The van der Waals surface area contributed by atoms with Crippen molar-refractivity contribution in [3.63, 3.8) is 0 Å². The molecule has 0 saturated heterocycles. The number of alkyl halides is 3. The van der Waals surface area contributed by atoms with Crippen LogP contribution >= 0.6 is 11.6 Å². The van der Waals surface area contributed by atoms with Crippen LogP contribution in [-0.2, 0) is 15.7 Å². The zero-order valence-corrected chi connectivity index (χ0v) is 13.6. The molecule has 130 valence electrons. The summed E-state index contributed by atoms with van der Waals surface area (Å²) in [6, 6.07) is 7.29. The molecule has 0 N–H and O–H groups in total. The number of ether oxygens (including phenoxy) is 1. The van der Waals surface area contributed by atoms with Crippen molar-refractivity contribution >= 4 is 17.6 Å². The molecule has 0 bridgehead atoms. The van der Waals surface area contributed by atoms with Crippen molar-refractivity contribution in [1.82, 2.24) is 0 Å². The van der Waals surface area contributed by atoms with Gasteiger partial charge in [-0.15, -0.1) is 0 Å². The Morgan fingerprint density at radius 3 is 2.64 bits per heavy atom. The van der Waals surface area contributed by atoms with Crippen LogP contribution in [0, 0.1) is 11.3 Å². The highest BCUT2D eigenvalue weighted by molar-refractivity contribution is 6.33. The van der Waals surface area contributed by atoms with Gasteiger partial charge in [-0.2, -0.15) is 18.4 Å². The fraction of sp³-hybridized carbons (Fsp3) is 0.176. The lowest BCUT2D eigenvalue weighted by atomic mass is 10.1. The second kappa shape index (κ2) is 7.03. The Bertz CT molecular complexity index is 865. The van der Waals surface area contributed by atoms with E-state index in [1.807, 2.05) is 0 Å². The second-order valence-electron chi connectivity index (χ2n) is 5.03. The standard InChI is InChI=1S/C17H11ClF3NO3/c1-9(8-22)16(23)24-10(2)14-5-6-15(25-14)12-7-11(17(19,20)21)3-4-13(12)18/h3-7,10H,1H2,2H3. The number of hydrogen-bond acceptors (Lipinski definition) is 4. The van der Waals surface area contributed by atoms with E-state index in [0.29, 0.717) is 0 Å². The molecule has 0 amide bonds. The van der Waals surface area contributed by atoms with E-state index in [0.717, 1.165) is 18.2 Å². The monoisotopic (exact) mass is 369 g/mol. The van der Waals surface area contributed by atoms with Gasteiger partial charge in [0.1, 0.15) is 23.2 Å². The molecule has 25 heavy (non-hydrogen) atoms. The van der Waals surface area contributed by atoms with Crippen LogP contribution in [0.4, 0.5) is 13.2 Å². The molecule has 1 atom stereocenters. The van der Waals surface area contributed by atoms with E-state index >= 15 is 0 Å². The summed E-state index contributed by atoms with van der Waals surface area (Å²) in [5.41, 5.74) is -1.18. The van der Waals surface area contributed by atoms with E-state index in [2.05, 4.69) is 6.58 Å². The largest absolute Gasteiger partial charge is 0.457 e. The molecule has 0 aliphatic heterocycles. The zero-order valence-electron chi connectivity index (χ0n) is 12.9. The molecule has 4 nitrogen and oxygen atoms in total. The van der Waals surface area contributed by atoms with Gasteiger partial charge >= 0.3 is 12.1 Å². The number of carbonyl (C=O) groups is 1. The van der Waals surface area contributed by atoms with Gasteiger partial charge in [0.2, 0.25) is 0 Å². The van der Waals surface area contributed by atoms with Crippen molar-refractivity contribution in [2.75, 3.05) is 0 Å². The fourth-order valence-corrected chi connectivity index (χ4v) is 2.15. The summed E-state index contributed by atoms with van der Waals surface area (Å²) in [5.74, 6) is -0.638. The van der Waals surface area contributed by atoms with Crippen LogP contribution < -0.4 is 0 Å². The maximum Gasteiger partial charge on any atom is 0.416 e. The average molecular weight is 370 g/mol. The lowest BCUT2D eigenvalue weighted by molar-refractivity contribution is -0.144. The van der Waals surface area contributed by atoms with Crippen LogP contribution in [0.3, 0.4) is 0 Å². The van der Waals surface area contributed by atoms with Crippen molar-refractivity contribution in [3.05, 3.63) is 58.8 Å². The second-order valence-corrected chi connectivity index (χ2v) is 5.44. The molecule has 0 fully saturated rings. The van der Waals surface area contributed by atoms with Gasteiger partial charge in [-0.25, -0.2) is 4.79 Å². The summed E-state index contributed by atoms with van der Waals surface area (Å²) in [5, 5.41) is 8.66. The summed E-state index contributed by atoms with van der Waals surface area (Å²) >= 11 is 5.95. The molecule has 0 aliphatic rings. The SMILES string of the molecule is C=C(C#N)C(=O)OC(C)c1ccc(-c2cc(C(F)(F)F)ccc2Cl)o1. The van der Waals surface area contributed by atoms with E-state index in [-0.39, 0.29) is 27.7 Å². The number of furan rings is 1. The Labute approximate surface area is 146 Å². The van der Waals surface area contributed by atoms with E-state index in [4.69, 9.17) is 26.0 Å². The first-order chi connectivity index (χ1) is 11.6. The summed E-state index contributed by atoms with van der Waals surface area (Å²) in [7, 11) is 0. The van der Waals surface area contributed by atoms with Gasteiger partial charge in [0, 0.05) is 5.56 Å². The number of nitrogens with zero attached hydrogens (tertiary/aromatic N) is 1. The van der Waals surface area contributed by atoms with E-state index < -0.39 is 23.8 Å². The van der Waals surface area contributed by atoms with Gasteiger partial charge < -0.3 is 9.15 Å². The van der Waals surface area contributed by atoms with Gasteiger partial charge in [0.25, 0.3) is 0 Å². The molecule has 0 radical (unpaired) electrons. The van der Waals surface area contributed by atoms with Gasteiger partial charge in [-0.1, -0.05) is 18.2 Å². The first-order valence-corrected chi connectivity index (χ1v) is 7.28.